The number of thioether (sulfide) groups is 1. The van der Waals surface area contributed by atoms with E-state index in [1.807, 2.05) is 19.1 Å². The molecule has 0 fully saturated rings. The van der Waals surface area contributed by atoms with Crippen LogP contribution in [0.3, 0.4) is 0 Å². The molecule has 1 N–H and O–H groups in total. The van der Waals surface area contributed by atoms with E-state index in [-0.39, 0.29) is 5.91 Å². The van der Waals surface area contributed by atoms with Gasteiger partial charge < -0.3 is 5.32 Å². The number of halogens is 1. The third kappa shape index (κ3) is 5.21. The third-order valence-corrected chi connectivity index (χ3v) is 4.98. The third-order valence-electron chi connectivity index (χ3n) is 3.66. The Morgan fingerprint density at radius 2 is 1.96 bits per heavy atom. The minimum absolute atomic E-state index is 0.0243. The van der Waals surface area contributed by atoms with Crippen LogP contribution in [0.2, 0.25) is 5.02 Å². The van der Waals surface area contributed by atoms with E-state index in [1.54, 1.807) is 30.2 Å². The molecule has 0 aliphatic rings. The smallest absolute Gasteiger partial charge is 0.224 e. The average Bonchev–Trinajstić information content (AvgIpc) is 2.60. The zero-order chi connectivity index (χ0) is 17.4. The molecule has 0 spiro atoms. The first kappa shape index (κ1) is 18.7. The van der Waals surface area contributed by atoms with E-state index in [0.717, 1.165) is 47.0 Å². The lowest BCUT2D eigenvalue weighted by atomic mass is 10.0. The number of carbonyl (C=O) groups is 1. The Kier molecular flexibility index (Phi) is 7.53. The van der Waals surface area contributed by atoms with Crippen molar-refractivity contribution in [1.82, 2.24) is 9.97 Å². The first-order chi connectivity index (χ1) is 11.7. The molecule has 1 heterocycles. The zero-order valence-corrected chi connectivity index (χ0v) is 15.6. The SMILES string of the molecule is CCc1ccc(Cl)c(CC)c1NC(=O)CCCSc1ncccn1. The maximum Gasteiger partial charge on any atom is 0.224 e. The number of carbonyl (C=O) groups excluding carboxylic acids is 1. The largest absolute Gasteiger partial charge is 0.326 e. The highest BCUT2D eigenvalue weighted by molar-refractivity contribution is 7.99. The minimum Gasteiger partial charge on any atom is -0.326 e. The van der Waals surface area contributed by atoms with Crippen molar-refractivity contribution in [3.05, 3.63) is 46.7 Å². The highest BCUT2D eigenvalue weighted by Crippen LogP contribution is 2.29. The molecule has 0 aliphatic carbocycles. The summed E-state index contributed by atoms with van der Waals surface area (Å²) in [6.07, 6.45) is 6.35. The van der Waals surface area contributed by atoms with Gasteiger partial charge in [-0.25, -0.2) is 9.97 Å². The number of aryl methyl sites for hydroxylation is 1. The second kappa shape index (κ2) is 9.64. The van der Waals surface area contributed by atoms with Crippen LogP contribution in [0.15, 0.2) is 35.7 Å². The van der Waals surface area contributed by atoms with Crippen LogP contribution < -0.4 is 5.32 Å². The van der Waals surface area contributed by atoms with Crippen LogP contribution in [0.4, 0.5) is 5.69 Å². The van der Waals surface area contributed by atoms with Gasteiger partial charge in [-0.15, -0.1) is 0 Å². The lowest BCUT2D eigenvalue weighted by molar-refractivity contribution is -0.116. The minimum atomic E-state index is 0.0243. The Balaban J connectivity index is 1.89. The van der Waals surface area contributed by atoms with Crippen LogP contribution in [-0.4, -0.2) is 21.6 Å². The molecule has 0 atom stereocenters. The van der Waals surface area contributed by atoms with E-state index < -0.39 is 0 Å². The fourth-order valence-electron chi connectivity index (χ4n) is 2.42. The molecule has 1 amide bonds. The molecule has 0 aliphatic heterocycles. The Morgan fingerprint density at radius 3 is 2.62 bits per heavy atom. The molecule has 128 valence electrons. The van der Waals surface area contributed by atoms with Gasteiger partial charge in [-0.05, 0) is 42.5 Å². The van der Waals surface area contributed by atoms with E-state index in [1.165, 1.54) is 0 Å². The number of aromatic nitrogens is 2. The van der Waals surface area contributed by atoms with Crippen molar-refractivity contribution in [3.8, 4) is 0 Å². The van der Waals surface area contributed by atoms with E-state index in [9.17, 15) is 4.79 Å². The molecular weight excluding hydrogens is 342 g/mol. The van der Waals surface area contributed by atoms with Gasteiger partial charge in [0.1, 0.15) is 0 Å². The molecule has 1 aromatic heterocycles. The number of amides is 1. The van der Waals surface area contributed by atoms with Crippen molar-refractivity contribution in [2.75, 3.05) is 11.1 Å². The molecule has 1 aromatic carbocycles. The second-order valence-corrected chi connectivity index (χ2v) is 6.77. The number of nitrogens with one attached hydrogen (secondary N) is 1. The molecule has 4 nitrogen and oxygen atoms in total. The molecule has 0 unspecified atom stereocenters. The molecule has 0 radical (unpaired) electrons. The topological polar surface area (TPSA) is 54.9 Å². The first-order valence-corrected chi connectivity index (χ1v) is 9.52. The molecule has 0 bridgehead atoms. The number of anilines is 1. The van der Waals surface area contributed by atoms with Crippen LogP contribution in [0.25, 0.3) is 0 Å². The Morgan fingerprint density at radius 1 is 1.21 bits per heavy atom. The van der Waals surface area contributed by atoms with Crippen LogP contribution >= 0.6 is 23.4 Å². The van der Waals surface area contributed by atoms with E-state index in [2.05, 4.69) is 22.2 Å². The van der Waals surface area contributed by atoms with Gasteiger partial charge in [-0.3, -0.25) is 4.79 Å². The van der Waals surface area contributed by atoms with E-state index in [0.29, 0.717) is 11.4 Å². The summed E-state index contributed by atoms with van der Waals surface area (Å²) in [5.41, 5.74) is 3.02. The predicted octanol–water partition coefficient (Wildman–Crippen LogP) is 4.77. The zero-order valence-electron chi connectivity index (χ0n) is 14.0. The highest BCUT2D eigenvalue weighted by atomic mass is 35.5. The number of hydrogen-bond acceptors (Lipinski definition) is 4. The summed E-state index contributed by atoms with van der Waals surface area (Å²) in [6, 6.07) is 5.68. The molecule has 0 saturated heterocycles. The predicted molar refractivity (Wildman–Crippen MR) is 101 cm³/mol. The molecule has 6 heteroatoms. The van der Waals surface area contributed by atoms with Gasteiger partial charge in [0.15, 0.2) is 5.16 Å². The van der Waals surface area contributed by atoms with Gasteiger partial charge in [0, 0.05) is 35.3 Å². The summed E-state index contributed by atoms with van der Waals surface area (Å²) >= 11 is 7.83. The fraction of sp³-hybridized carbons (Fsp3) is 0.389. The van der Waals surface area contributed by atoms with E-state index in [4.69, 9.17) is 11.6 Å². The summed E-state index contributed by atoms with van der Waals surface area (Å²) in [7, 11) is 0. The van der Waals surface area contributed by atoms with Crippen molar-refractivity contribution >= 4 is 35.0 Å². The standard InChI is InChI=1S/C18H22ClN3OS/c1-3-13-8-9-15(19)14(4-2)17(13)22-16(23)7-5-12-24-18-20-10-6-11-21-18/h6,8-11H,3-5,7,12H2,1-2H3,(H,22,23). The summed E-state index contributed by atoms with van der Waals surface area (Å²) in [5.74, 6) is 0.838. The number of rotatable bonds is 8. The van der Waals surface area contributed by atoms with Gasteiger partial charge in [-0.1, -0.05) is 43.3 Å². The molecule has 2 rings (SSSR count). The Hall–Kier alpha value is -1.59. The molecule has 0 saturated carbocycles. The maximum absolute atomic E-state index is 12.3. The average molecular weight is 364 g/mol. The molecule has 24 heavy (non-hydrogen) atoms. The summed E-state index contributed by atoms with van der Waals surface area (Å²) in [6.45, 7) is 4.13. The highest BCUT2D eigenvalue weighted by Gasteiger charge is 2.13. The number of hydrogen-bond donors (Lipinski definition) is 1. The van der Waals surface area contributed by atoms with Gasteiger partial charge in [0.2, 0.25) is 5.91 Å². The van der Waals surface area contributed by atoms with Gasteiger partial charge in [0.05, 0.1) is 0 Å². The number of nitrogens with zero attached hydrogens (tertiary/aromatic N) is 2. The van der Waals surface area contributed by atoms with Crippen molar-refractivity contribution < 1.29 is 4.79 Å². The van der Waals surface area contributed by atoms with Gasteiger partial charge >= 0.3 is 0 Å². The molecular formula is C18H22ClN3OS. The first-order valence-electron chi connectivity index (χ1n) is 8.15. The Bertz CT molecular complexity index is 679. The normalized spacial score (nSPS) is 10.6. The van der Waals surface area contributed by atoms with Crippen LogP contribution in [0.5, 0.6) is 0 Å². The van der Waals surface area contributed by atoms with Gasteiger partial charge in [0.25, 0.3) is 0 Å². The van der Waals surface area contributed by atoms with Crippen LogP contribution in [0, 0.1) is 0 Å². The number of benzene rings is 1. The lowest BCUT2D eigenvalue weighted by Gasteiger charge is -2.16. The van der Waals surface area contributed by atoms with Crippen LogP contribution in [0.1, 0.15) is 37.8 Å². The lowest BCUT2D eigenvalue weighted by Crippen LogP contribution is -2.15. The quantitative estimate of drug-likeness (QED) is 0.417. The van der Waals surface area contributed by atoms with Crippen molar-refractivity contribution in [1.29, 1.82) is 0 Å². The van der Waals surface area contributed by atoms with Crippen LogP contribution in [-0.2, 0) is 17.6 Å². The summed E-state index contributed by atoms with van der Waals surface area (Å²) in [4.78, 5) is 20.6. The Labute approximate surface area is 152 Å². The summed E-state index contributed by atoms with van der Waals surface area (Å²) < 4.78 is 0. The maximum atomic E-state index is 12.3. The van der Waals surface area contributed by atoms with Gasteiger partial charge in [-0.2, -0.15) is 0 Å². The van der Waals surface area contributed by atoms with Crippen molar-refractivity contribution in [2.24, 2.45) is 0 Å². The monoisotopic (exact) mass is 363 g/mol. The fourth-order valence-corrected chi connectivity index (χ4v) is 3.46. The summed E-state index contributed by atoms with van der Waals surface area (Å²) in [5, 5.41) is 4.51. The van der Waals surface area contributed by atoms with Crippen molar-refractivity contribution in [2.45, 2.75) is 44.7 Å². The molecule has 2 aromatic rings. The van der Waals surface area contributed by atoms with Crippen molar-refractivity contribution in [3.63, 3.8) is 0 Å². The van der Waals surface area contributed by atoms with E-state index >= 15 is 0 Å². The second-order valence-electron chi connectivity index (χ2n) is 5.30.